The Hall–Kier alpha value is 0.840. The van der Waals surface area contributed by atoms with E-state index >= 15 is 0 Å². The summed E-state index contributed by atoms with van der Waals surface area (Å²) in [4.78, 5) is 0. The van der Waals surface area contributed by atoms with Gasteiger partial charge in [0.15, 0.2) is 6.10 Å². The number of aliphatic hydroxyl groups is 1. The van der Waals surface area contributed by atoms with Gasteiger partial charge in [-0.3, -0.25) is 0 Å². The number of rotatable bonds is 24. The fourth-order valence-electron chi connectivity index (χ4n) is 5.08. The SMILES string of the molecule is CCCCCCCCCCC[N+](C)(C)CC(O)C[N+](C)(C)CCCCCCCCCCC.[Br-].[Br-]. The van der Waals surface area contributed by atoms with Gasteiger partial charge in [0.25, 0.3) is 0 Å². The molecule has 0 aromatic rings. The molecule has 0 spiro atoms. The third kappa shape index (κ3) is 27.4. The van der Waals surface area contributed by atoms with Crippen molar-refractivity contribution in [1.82, 2.24) is 0 Å². The van der Waals surface area contributed by atoms with Gasteiger partial charge in [-0.05, 0) is 25.7 Å². The first-order valence-corrected chi connectivity index (χ1v) is 14.5. The van der Waals surface area contributed by atoms with Gasteiger partial charge < -0.3 is 48.0 Å². The molecule has 0 unspecified atom stereocenters. The molecule has 0 bridgehead atoms. The van der Waals surface area contributed by atoms with Gasteiger partial charge in [-0.2, -0.15) is 0 Å². The highest BCUT2D eigenvalue weighted by atomic mass is 79.9. The monoisotopic (exact) mass is 614 g/mol. The average molecular weight is 617 g/mol. The molecule has 0 radical (unpaired) electrons. The molecule has 0 atom stereocenters. The quantitative estimate of drug-likeness (QED) is 0.129. The van der Waals surface area contributed by atoms with Crippen molar-refractivity contribution >= 4 is 0 Å². The highest BCUT2D eigenvalue weighted by molar-refractivity contribution is 4.55. The van der Waals surface area contributed by atoms with Crippen LogP contribution in [0.3, 0.4) is 0 Å². The van der Waals surface area contributed by atoms with Crippen molar-refractivity contribution in [3.8, 4) is 0 Å². The average Bonchev–Trinajstić information content (AvgIpc) is 2.70. The van der Waals surface area contributed by atoms with Crippen molar-refractivity contribution in [2.75, 3.05) is 54.4 Å². The summed E-state index contributed by atoms with van der Waals surface area (Å²) in [6.07, 6.45) is 24.7. The van der Waals surface area contributed by atoms with Gasteiger partial charge in [0.1, 0.15) is 13.1 Å². The predicted molar refractivity (Wildman–Crippen MR) is 144 cm³/mol. The highest BCUT2D eigenvalue weighted by Crippen LogP contribution is 2.14. The first-order valence-electron chi connectivity index (χ1n) is 14.5. The number of unbranched alkanes of at least 4 members (excludes halogenated alkanes) is 16. The van der Waals surface area contributed by atoms with E-state index in [1.807, 2.05) is 0 Å². The minimum atomic E-state index is -0.197. The third-order valence-corrected chi connectivity index (χ3v) is 7.14. The number of likely N-dealkylation sites (N-methyl/N-ethyl adjacent to an activating group) is 2. The number of aliphatic hydroxyl groups excluding tert-OH is 1. The molecule has 0 fully saturated rings. The molecule has 3 nitrogen and oxygen atoms in total. The van der Waals surface area contributed by atoms with Crippen molar-refractivity contribution in [1.29, 1.82) is 0 Å². The second-order valence-electron chi connectivity index (χ2n) is 12.0. The van der Waals surface area contributed by atoms with E-state index in [0.717, 1.165) is 22.1 Å². The molecule has 0 aliphatic rings. The maximum absolute atomic E-state index is 10.8. The zero-order valence-corrected chi connectivity index (χ0v) is 27.4. The maximum atomic E-state index is 10.8. The topological polar surface area (TPSA) is 20.2 Å². The summed E-state index contributed by atoms with van der Waals surface area (Å²) in [6, 6.07) is 0. The van der Waals surface area contributed by atoms with Crippen molar-refractivity contribution in [2.45, 2.75) is 136 Å². The van der Waals surface area contributed by atoms with E-state index in [0.29, 0.717) is 0 Å². The first-order chi connectivity index (χ1) is 15.2. The molecule has 34 heavy (non-hydrogen) atoms. The minimum absolute atomic E-state index is 0. The fourth-order valence-corrected chi connectivity index (χ4v) is 5.08. The van der Waals surface area contributed by atoms with Crippen molar-refractivity contribution in [3.63, 3.8) is 0 Å². The largest absolute Gasteiger partial charge is 1.00 e. The van der Waals surface area contributed by atoms with Crippen LogP contribution in [-0.4, -0.2) is 74.5 Å². The maximum Gasteiger partial charge on any atom is 0.152 e. The third-order valence-electron chi connectivity index (χ3n) is 7.14. The molecule has 0 aliphatic carbocycles. The van der Waals surface area contributed by atoms with Gasteiger partial charge in [-0.15, -0.1) is 0 Å². The molecule has 210 valence electrons. The Morgan fingerprint density at radius 3 is 0.941 bits per heavy atom. The summed E-state index contributed by atoms with van der Waals surface area (Å²) >= 11 is 0. The molecular formula is C29H64Br2N2O. The molecule has 1 N–H and O–H groups in total. The van der Waals surface area contributed by atoms with Crippen LogP contribution in [0.1, 0.15) is 129 Å². The number of hydrogen-bond donors (Lipinski definition) is 1. The van der Waals surface area contributed by atoms with Crippen LogP contribution in [0.5, 0.6) is 0 Å². The lowest BCUT2D eigenvalue weighted by Crippen LogP contribution is -3.00. The van der Waals surface area contributed by atoms with Crippen LogP contribution in [0.2, 0.25) is 0 Å². The lowest BCUT2D eigenvalue weighted by Gasteiger charge is -2.36. The zero-order valence-electron chi connectivity index (χ0n) is 24.2. The predicted octanol–water partition coefficient (Wildman–Crippen LogP) is 1.57. The Morgan fingerprint density at radius 1 is 0.441 bits per heavy atom. The van der Waals surface area contributed by atoms with Crippen molar-refractivity contribution in [2.24, 2.45) is 0 Å². The van der Waals surface area contributed by atoms with Gasteiger partial charge >= 0.3 is 0 Å². The van der Waals surface area contributed by atoms with Gasteiger partial charge in [0, 0.05) is 0 Å². The molecular weight excluding hydrogens is 552 g/mol. The second kappa shape index (κ2) is 25.5. The Labute approximate surface area is 237 Å². The second-order valence-corrected chi connectivity index (χ2v) is 12.0. The molecule has 0 rings (SSSR count). The van der Waals surface area contributed by atoms with Gasteiger partial charge in [-0.25, -0.2) is 0 Å². The molecule has 0 saturated carbocycles. The van der Waals surface area contributed by atoms with E-state index in [9.17, 15) is 5.11 Å². The summed E-state index contributed by atoms with van der Waals surface area (Å²) in [6.45, 7) is 8.73. The first kappa shape index (κ1) is 39.4. The van der Waals surface area contributed by atoms with E-state index in [-0.39, 0.29) is 40.1 Å². The van der Waals surface area contributed by atoms with E-state index in [1.165, 1.54) is 129 Å². The summed E-state index contributed by atoms with van der Waals surface area (Å²) < 4.78 is 1.91. The van der Waals surface area contributed by atoms with Crippen LogP contribution in [0.15, 0.2) is 0 Å². The number of quaternary nitrogens is 2. The van der Waals surface area contributed by atoms with Crippen LogP contribution in [0.25, 0.3) is 0 Å². The molecule has 0 aliphatic heterocycles. The van der Waals surface area contributed by atoms with Crippen LogP contribution < -0.4 is 34.0 Å². The van der Waals surface area contributed by atoms with E-state index in [4.69, 9.17) is 0 Å². The van der Waals surface area contributed by atoms with Crippen molar-refractivity contribution in [3.05, 3.63) is 0 Å². The van der Waals surface area contributed by atoms with Crippen LogP contribution in [-0.2, 0) is 0 Å². The molecule has 5 heteroatoms. The molecule has 0 saturated heterocycles. The van der Waals surface area contributed by atoms with Crippen molar-refractivity contribution < 1.29 is 48.0 Å². The van der Waals surface area contributed by atoms with E-state index < -0.39 is 0 Å². The molecule has 0 amide bonds. The minimum Gasteiger partial charge on any atom is -1.00 e. The number of nitrogens with zero attached hydrogens (tertiary/aromatic N) is 2. The zero-order chi connectivity index (χ0) is 24.1. The van der Waals surface area contributed by atoms with Gasteiger partial charge in [0.05, 0.1) is 41.3 Å². The lowest BCUT2D eigenvalue weighted by atomic mass is 10.1. The van der Waals surface area contributed by atoms with Crippen LogP contribution >= 0.6 is 0 Å². The molecule has 0 aromatic carbocycles. The summed E-state index contributed by atoms with van der Waals surface area (Å²) in [5.74, 6) is 0. The fraction of sp³-hybridized carbons (Fsp3) is 1.00. The van der Waals surface area contributed by atoms with Gasteiger partial charge in [0.2, 0.25) is 0 Å². The Bertz CT molecular complexity index is 370. The Balaban J connectivity index is -0.00000480. The summed E-state index contributed by atoms with van der Waals surface area (Å²) in [7, 11) is 9.20. The molecule has 0 heterocycles. The Kier molecular flexibility index (Phi) is 29.5. The van der Waals surface area contributed by atoms with Crippen LogP contribution in [0, 0.1) is 0 Å². The van der Waals surface area contributed by atoms with Crippen LogP contribution in [0.4, 0.5) is 0 Å². The van der Waals surface area contributed by atoms with E-state index in [2.05, 4.69) is 42.0 Å². The standard InChI is InChI=1S/C29H64N2O.2BrH/c1-7-9-11-13-15-17-19-21-23-25-30(3,4)27-29(32)28-31(5,6)26-24-22-20-18-16-14-12-10-8-2;;/h29,32H,7-28H2,1-6H3;2*1H/q+2;;/p-2. The number of hydrogen-bond acceptors (Lipinski definition) is 1. The van der Waals surface area contributed by atoms with Gasteiger partial charge in [-0.1, -0.05) is 104 Å². The lowest BCUT2D eigenvalue weighted by molar-refractivity contribution is -0.914. The summed E-state index contributed by atoms with van der Waals surface area (Å²) in [5.41, 5.74) is 0. The normalized spacial score (nSPS) is 12.0. The Morgan fingerprint density at radius 2 is 0.676 bits per heavy atom. The number of halogens is 2. The smallest absolute Gasteiger partial charge is 0.152 e. The highest BCUT2D eigenvalue weighted by Gasteiger charge is 2.26. The molecule has 0 aromatic heterocycles. The van der Waals surface area contributed by atoms with E-state index in [1.54, 1.807) is 0 Å². The summed E-state index contributed by atoms with van der Waals surface area (Å²) in [5, 5.41) is 10.8.